The Balaban J connectivity index is 1.01. The van der Waals surface area contributed by atoms with Crippen molar-refractivity contribution in [3.63, 3.8) is 0 Å². The van der Waals surface area contributed by atoms with Crippen molar-refractivity contribution in [2.45, 2.75) is 130 Å². The van der Waals surface area contributed by atoms with Crippen LogP contribution in [0.15, 0.2) is 0 Å². The highest BCUT2D eigenvalue weighted by Gasteiger charge is 2.66. The van der Waals surface area contributed by atoms with Gasteiger partial charge in [0.25, 0.3) is 5.91 Å². The van der Waals surface area contributed by atoms with Crippen molar-refractivity contribution in [3.8, 4) is 0 Å². The average Bonchev–Trinajstić information content (AvgIpc) is 3.53. The van der Waals surface area contributed by atoms with Crippen LogP contribution in [0.4, 0.5) is 0 Å². The van der Waals surface area contributed by atoms with Crippen LogP contribution in [0, 0.1) is 23.7 Å². The normalized spacial score (nSPS) is 48.5. The monoisotopic (exact) mass is 577 g/mol. The summed E-state index contributed by atoms with van der Waals surface area (Å²) < 4.78 is 18.2. The largest absolute Gasteiger partial charge is 0.379 e. The number of methoxy groups -OCH3 is 2. The number of thioether (sulfide) groups is 1. The zero-order valence-electron chi connectivity index (χ0n) is 24.3. The highest BCUT2D eigenvalue weighted by molar-refractivity contribution is 8.00. The topological polar surface area (TPSA) is 106 Å². The van der Waals surface area contributed by atoms with Crippen LogP contribution in [0.3, 0.4) is 0 Å². The standard InChI is InChI=1S/C30H48N4O5S/c1-15(28(35)33-30-32-20-6-4-5-7-23(20)40-30)39-16-8-10-21-19(14-16)17-12-13-31-25-18-9-11-22(37-2)27(38-3)24(18)29(36)34(21)26(17)25/h15-27,30-32H,4-14H2,1-3H3,(H,33,35)/p+1/t15-,16?,17?,18?,19?,20?,21?,22?,23?,24?,25?,26?,27?,30?/m0/s1. The summed E-state index contributed by atoms with van der Waals surface area (Å²) in [5.74, 6) is 1.52. The summed E-state index contributed by atoms with van der Waals surface area (Å²) in [6.07, 6.45) is 10.4. The van der Waals surface area contributed by atoms with Crippen molar-refractivity contribution in [1.82, 2.24) is 15.5 Å². The predicted octanol–water partition coefficient (Wildman–Crippen LogP) is 1.21. The van der Waals surface area contributed by atoms with Gasteiger partial charge in [0.05, 0.1) is 36.8 Å². The first-order valence-electron chi connectivity index (χ1n) is 16.1. The van der Waals surface area contributed by atoms with Crippen LogP contribution in [0.25, 0.3) is 0 Å². The van der Waals surface area contributed by atoms with Gasteiger partial charge in [0.2, 0.25) is 5.91 Å². The third-order valence-electron chi connectivity index (χ3n) is 11.8. The molecule has 9 nitrogen and oxygen atoms in total. The summed E-state index contributed by atoms with van der Waals surface area (Å²) in [6.45, 7) is 3.03. The molecule has 4 N–H and O–H groups in total. The molecule has 3 saturated carbocycles. The van der Waals surface area contributed by atoms with Gasteiger partial charge in [-0.15, -0.1) is 11.8 Å². The first-order valence-corrected chi connectivity index (χ1v) is 17.0. The minimum atomic E-state index is -0.471. The van der Waals surface area contributed by atoms with E-state index in [1.54, 1.807) is 14.2 Å². The number of piperidine rings is 2. The predicted molar refractivity (Wildman–Crippen MR) is 151 cm³/mol. The van der Waals surface area contributed by atoms with E-state index in [9.17, 15) is 9.59 Å². The summed E-state index contributed by atoms with van der Waals surface area (Å²) in [6, 6.07) is 1.58. The molecule has 4 aliphatic heterocycles. The zero-order chi connectivity index (χ0) is 27.5. The number of ether oxygens (including phenoxy) is 3. The lowest BCUT2D eigenvalue weighted by atomic mass is 9.64. The van der Waals surface area contributed by atoms with Crippen molar-refractivity contribution in [2.24, 2.45) is 23.7 Å². The first kappa shape index (κ1) is 27.9. The Kier molecular flexibility index (Phi) is 7.88. The molecule has 7 aliphatic rings. The fourth-order valence-corrected chi connectivity index (χ4v) is 11.7. The maximum Gasteiger partial charge on any atom is 0.250 e. The molecule has 4 heterocycles. The summed E-state index contributed by atoms with van der Waals surface area (Å²) in [5, 5.41) is 9.99. The van der Waals surface area contributed by atoms with Crippen molar-refractivity contribution in [2.75, 3.05) is 20.8 Å². The highest BCUT2D eigenvalue weighted by Crippen LogP contribution is 2.53. The number of amides is 2. The van der Waals surface area contributed by atoms with E-state index in [1.807, 2.05) is 18.7 Å². The van der Waals surface area contributed by atoms with Crippen molar-refractivity contribution in [3.05, 3.63) is 0 Å². The number of nitrogens with zero attached hydrogens (tertiary/aromatic N) is 1. The molecule has 13 unspecified atom stereocenters. The van der Waals surface area contributed by atoms with Crippen molar-refractivity contribution in [1.29, 1.82) is 0 Å². The van der Waals surface area contributed by atoms with Gasteiger partial charge < -0.3 is 29.7 Å². The Morgan fingerprint density at radius 3 is 2.70 bits per heavy atom. The number of carbonyl (C=O) groups is 2. The SMILES string of the molecule is COC1CCC2C3[NH2+]CCC4C5CC(O[C@@H](C)C(=O)NC6NC7CCCCC7S6)CCC5N(C(=O)C2C1OC)C43. The summed E-state index contributed by atoms with van der Waals surface area (Å²) in [4.78, 5) is 29.7. The second-order valence-corrected chi connectivity index (χ2v) is 14.9. The molecule has 10 heteroatoms. The first-order chi connectivity index (χ1) is 19.5. The van der Waals surface area contributed by atoms with Gasteiger partial charge in [-0.25, -0.2) is 0 Å². The fourth-order valence-electron chi connectivity index (χ4n) is 10.2. The van der Waals surface area contributed by atoms with E-state index in [-0.39, 0.29) is 41.7 Å². The van der Waals surface area contributed by atoms with Crippen LogP contribution in [-0.4, -0.2) is 96.8 Å². The van der Waals surface area contributed by atoms with E-state index >= 15 is 0 Å². The van der Waals surface area contributed by atoms with Crippen LogP contribution in [0.1, 0.15) is 71.1 Å². The van der Waals surface area contributed by atoms with Crippen molar-refractivity contribution >= 4 is 23.6 Å². The number of nitrogens with two attached hydrogens (primary N) is 1. The van der Waals surface area contributed by atoms with E-state index in [0.29, 0.717) is 47.0 Å². The number of hydrogen-bond donors (Lipinski definition) is 3. The number of carbonyl (C=O) groups excluding carboxylic acids is 2. The number of rotatable bonds is 6. The number of quaternary nitrogens is 1. The van der Waals surface area contributed by atoms with Gasteiger partial charge in [-0.2, -0.15) is 0 Å². The summed E-state index contributed by atoms with van der Waals surface area (Å²) in [5.41, 5.74) is -0.00765. The molecule has 14 atom stereocenters. The Morgan fingerprint density at radius 1 is 1.05 bits per heavy atom. The minimum absolute atomic E-state index is 0.00765. The van der Waals surface area contributed by atoms with Gasteiger partial charge in [-0.3, -0.25) is 14.9 Å². The molecule has 7 rings (SSSR count). The van der Waals surface area contributed by atoms with Crippen LogP contribution in [-0.2, 0) is 23.8 Å². The molecular weight excluding hydrogens is 528 g/mol. The summed E-state index contributed by atoms with van der Waals surface area (Å²) in [7, 11) is 3.49. The Bertz CT molecular complexity index is 958. The maximum absolute atomic E-state index is 14.2. The van der Waals surface area contributed by atoms with Crippen LogP contribution < -0.4 is 16.0 Å². The Labute approximate surface area is 242 Å². The summed E-state index contributed by atoms with van der Waals surface area (Å²) >= 11 is 1.88. The van der Waals surface area contributed by atoms with Gasteiger partial charge in [0.1, 0.15) is 17.6 Å². The minimum Gasteiger partial charge on any atom is -0.379 e. The molecule has 40 heavy (non-hydrogen) atoms. The van der Waals surface area contributed by atoms with Crippen LogP contribution in [0.5, 0.6) is 0 Å². The third-order valence-corrected chi connectivity index (χ3v) is 13.2. The molecule has 0 aromatic rings. The fraction of sp³-hybridized carbons (Fsp3) is 0.933. The molecule has 0 aromatic carbocycles. The highest BCUT2D eigenvalue weighted by atomic mass is 32.2. The maximum atomic E-state index is 14.2. The van der Waals surface area contributed by atoms with E-state index in [2.05, 4.69) is 20.9 Å². The van der Waals surface area contributed by atoms with Gasteiger partial charge in [-0.1, -0.05) is 12.8 Å². The lowest BCUT2D eigenvalue weighted by molar-refractivity contribution is -0.713. The third kappa shape index (κ3) is 4.64. The van der Waals surface area contributed by atoms with Crippen molar-refractivity contribution < 1.29 is 29.1 Å². The second-order valence-electron chi connectivity index (χ2n) is 13.6. The lowest BCUT2D eigenvalue weighted by Gasteiger charge is -2.53. The van der Waals surface area contributed by atoms with Crippen LogP contribution in [0.2, 0.25) is 0 Å². The van der Waals surface area contributed by atoms with E-state index in [0.717, 1.165) is 45.1 Å². The second kappa shape index (κ2) is 11.3. The molecule has 0 spiro atoms. The molecule has 0 bridgehead atoms. The molecule has 0 radical (unpaired) electrons. The van der Waals surface area contributed by atoms with E-state index in [1.165, 1.54) is 25.7 Å². The van der Waals surface area contributed by atoms with E-state index < -0.39 is 6.10 Å². The Hall–Kier alpha value is -0.910. The van der Waals surface area contributed by atoms with E-state index in [4.69, 9.17) is 14.2 Å². The lowest BCUT2D eigenvalue weighted by Crippen LogP contribution is -2.99. The molecule has 7 fully saturated rings. The molecule has 2 amide bonds. The smallest absolute Gasteiger partial charge is 0.250 e. The molecule has 0 aromatic heterocycles. The average molecular weight is 578 g/mol. The van der Waals surface area contributed by atoms with Gasteiger partial charge in [0, 0.05) is 43.9 Å². The number of fused-ring (bicyclic) bond motifs is 6. The van der Waals surface area contributed by atoms with Gasteiger partial charge >= 0.3 is 0 Å². The van der Waals surface area contributed by atoms with Gasteiger partial charge in [0.15, 0.2) is 0 Å². The Morgan fingerprint density at radius 2 is 1.90 bits per heavy atom. The molecular formula is C30H49N4O5S+. The zero-order valence-corrected chi connectivity index (χ0v) is 25.2. The number of nitrogens with one attached hydrogen (secondary N) is 2. The molecule has 3 aliphatic carbocycles. The number of hydrogen-bond acceptors (Lipinski definition) is 7. The molecule has 224 valence electrons. The van der Waals surface area contributed by atoms with Gasteiger partial charge in [-0.05, 0) is 63.7 Å². The van der Waals surface area contributed by atoms with Crippen LogP contribution >= 0.6 is 11.8 Å². The quantitative estimate of drug-likeness (QED) is 0.436. The molecule has 4 saturated heterocycles.